The molecule has 0 spiro atoms. The smallest absolute Gasteiger partial charge is 0.124 e. The molecule has 0 fully saturated rings. The summed E-state index contributed by atoms with van der Waals surface area (Å²) in [4.78, 5) is 0. The van der Waals surface area contributed by atoms with Gasteiger partial charge in [-0.1, -0.05) is 35.9 Å². The highest BCUT2D eigenvalue weighted by atomic mass is 35.5. The molecule has 2 nitrogen and oxygen atoms in total. The first-order chi connectivity index (χ1) is 9.61. The molecule has 0 aliphatic heterocycles. The normalized spacial score (nSPS) is 10.6. The van der Waals surface area contributed by atoms with Gasteiger partial charge in [0.15, 0.2) is 0 Å². The Kier molecular flexibility index (Phi) is 5.05. The number of aryl methyl sites for hydroxylation is 2. The second-order valence-corrected chi connectivity index (χ2v) is 5.37. The predicted octanol–water partition coefficient (Wildman–Crippen LogP) is 4.04. The van der Waals surface area contributed by atoms with Gasteiger partial charge in [0.1, 0.15) is 12.4 Å². The highest BCUT2D eigenvalue weighted by Gasteiger charge is 2.08. The van der Waals surface area contributed by atoms with Crippen LogP contribution >= 0.6 is 11.6 Å². The summed E-state index contributed by atoms with van der Waals surface area (Å²) in [5.41, 5.74) is 10.3. The van der Waals surface area contributed by atoms with Crippen LogP contribution in [0.15, 0.2) is 36.4 Å². The predicted molar refractivity (Wildman–Crippen MR) is 84.5 cm³/mol. The van der Waals surface area contributed by atoms with E-state index in [4.69, 9.17) is 22.1 Å². The van der Waals surface area contributed by atoms with E-state index in [9.17, 15) is 0 Å². The van der Waals surface area contributed by atoms with Crippen molar-refractivity contribution in [3.63, 3.8) is 0 Å². The summed E-state index contributed by atoms with van der Waals surface area (Å²) in [6.07, 6.45) is 0.724. The second kappa shape index (κ2) is 6.78. The summed E-state index contributed by atoms with van der Waals surface area (Å²) in [6, 6.07) is 12.1. The molecule has 0 heterocycles. The molecule has 2 aromatic carbocycles. The van der Waals surface area contributed by atoms with Crippen molar-refractivity contribution in [2.75, 3.05) is 6.54 Å². The van der Waals surface area contributed by atoms with Crippen molar-refractivity contribution >= 4 is 11.6 Å². The Morgan fingerprint density at radius 1 is 1.10 bits per heavy atom. The van der Waals surface area contributed by atoms with Crippen LogP contribution in [0.1, 0.15) is 22.3 Å². The fourth-order valence-corrected chi connectivity index (χ4v) is 2.38. The third-order valence-corrected chi connectivity index (χ3v) is 3.79. The Bertz CT molecular complexity index is 596. The molecule has 2 aromatic rings. The minimum Gasteiger partial charge on any atom is -0.489 e. The molecule has 0 amide bonds. The van der Waals surface area contributed by atoms with E-state index in [1.807, 2.05) is 18.2 Å². The van der Waals surface area contributed by atoms with Gasteiger partial charge in [0.05, 0.1) is 0 Å². The number of nitrogens with two attached hydrogens (primary N) is 1. The molecular formula is C17H20ClNO. The van der Waals surface area contributed by atoms with E-state index in [0.717, 1.165) is 23.3 Å². The van der Waals surface area contributed by atoms with Crippen LogP contribution in [0.4, 0.5) is 0 Å². The SMILES string of the molecule is Cc1ccc(COc2cccc(Cl)c2CCN)cc1C. The summed E-state index contributed by atoms with van der Waals surface area (Å²) in [6.45, 7) is 5.32. The maximum atomic E-state index is 6.20. The molecule has 0 aliphatic rings. The van der Waals surface area contributed by atoms with E-state index in [-0.39, 0.29) is 0 Å². The average molecular weight is 290 g/mol. The zero-order valence-electron chi connectivity index (χ0n) is 11.9. The number of hydrogen-bond acceptors (Lipinski definition) is 2. The van der Waals surface area contributed by atoms with Crippen molar-refractivity contribution in [3.8, 4) is 5.75 Å². The van der Waals surface area contributed by atoms with Gasteiger partial charge >= 0.3 is 0 Å². The highest BCUT2D eigenvalue weighted by Crippen LogP contribution is 2.27. The Morgan fingerprint density at radius 3 is 2.60 bits per heavy atom. The number of hydrogen-bond donors (Lipinski definition) is 1. The summed E-state index contributed by atoms with van der Waals surface area (Å²) in [5.74, 6) is 0.821. The van der Waals surface area contributed by atoms with Gasteiger partial charge in [0, 0.05) is 10.6 Å². The molecule has 0 bridgehead atoms. The van der Waals surface area contributed by atoms with Crippen LogP contribution in [0.3, 0.4) is 0 Å². The van der Waals surface area contributed by atoms with E-state index in [1.54, 1.807) is 0 Å². The minimum absolute atomic E-state index is 0.541. The molecule has 0 saturated heterocycles. The van der Waals surface area contributed by atoms with Gasteiger partial charge in [-0.05, 0) is 55.6 Å². The Hall–Kier alpha value is -1.51. The largest absolute Gasteiger partial charge is 0.489 e. The molecule has 0 saturated carbocycles. The molecule has 0 atom stereocenters. The van der Waals surface area contributed by atoms with Crippen LogP contribution in [0.25, 0.3) is 0 Å². The molecule has 3 heteroatoms. The molecule has 0 aliphatic carbocycles. The van der Waals surface area contributed by atoms with Gasteiger partial charge in [0.25, 0.3) is 0 Å². The van der Waals surface area contributed by atoms with Gasteiger partial charge in [-0.25, -0.2) is 0 Å². The molecule has 20 heavy (non-hydrogen) atoms. The lowest BCUT2D eigenvalue weighted by Gasteiger charge is -2.13. The summed E-state index contributed by atoms with van der Waals surface area (Å²) < 4.78 is 5.91. The fourth-order valence-electron chi connectivity index (χ4n) is 2.12. The van der Waals surface area contributed by atoms with E-state index in [1.165, 1.54) is 11.1 Å². The number of halogens is 1. The standard InChI is InChI=1S/C17H20ClNO/c1-12-6-7-14(10-13(12)2)11-20-17-5-3-4-16(18)15(17)8-9-19/h3-7,10H,8-9,11,19H2,1-2H3. The lowest BCUT2D eigenvalue weighted by Crippen LogP contribution is -2.06. The average Bonchev–Trinajstić information content (AvgIpc) is 2.43. The topological polar surface area (TPSA) is 35.2 Å². The van der Waals surface area contributed by atoms with Crippen molar-refractivity contribution in [2.24, 2.45) is 5.73 Å². The Labute approximate surface area is 125 Å². The van der Waals surface area contributed by atoms with Crippen LogP contribution in [-0.2, 0) is 13.0 Å². The third-order valence-electron chi connectivity index (χ3n) is 3.44. The lowest BCUT2D eigenvalue weighted by molar-refractivity contribution is 0.303. The molecule has 106 valence electrons. The summed E-state index contributed by atoms with van der Waals surface area (Å²) >= 11 is 6.20. The van der Waals surface area contributed by atoms with Crippen molar-refractivity contribution in [1.82, 2.24) is 0 Å². The Morgan fingerprint density at radius 2 is 1.90 bits per heavy atom. The number of ether oxygens (including phenoxy) is 1. The van der Waals surface area contributed by atoms with Crippen molar-refractivity contribution in [1.29, 1.82) is 0 Å². The monoisotopic (exact) mass is 289 g/mol. The molecular weight excluding hydrogens is 270 g/mol. The quantitative estimate of drug-likeness (QED) is 0.902. The summed E-state index contributed by atoms with van der Waals surface area (Å²) in [5, 5.41) is 0.716. The van der Waals surface area contributed by atoms with Gasteiger partial charge < -0.3 is 10.5 Å². The first kappa shape index (κ1) is 14.9. The van der Waals surface area contributed by atoms with Crippen LogP contribution in [0.5, 0.6) is 5.75 Å². The van der Waals surface area contributed by atoms with E-state index in [2.05, 4.69) is 32.0 Å². The van der Waals surface area contributed by atoms with E-state index < -0.39 is 0 Å². The first-order valence-electron chi connectivity index (χ1n) is 6.78. The van der Waals surface area contributed by atoms with Gasteiger partial charge in [0.2, 0.25) is 0 Å². The van der Waals surface area contributed by atoms with Gasteiger partial charge in [-0.15, -0.1) is 0 Å². The molecule has 2 N–H and O–H groups in total. The maximum absolute atomic E-state index is 6.20. The van der Waals surface area contributed by atoms with E-state index >= 15 is 0 Å². The van der Waals surface area contributed by atoms with Crippen molar-refractivity contribution < 1.29 is 4.74 Å². The number of benzene rings is 2. The van der Waals surface area contributed by atoms with Gasteiger partial charge in [-0.3, -0.25) is 0 Å². The zero-order valence-corrected chi connectivity index (χ0v) is 12.7. The van der Waals surface area contributed by atoms with Crippen LogP contribution in [0.2, 0.25) is 5.02 Å². The summed E-state index contributed by atoms with van der Waals surface area (Å²) in [7, 11) is 0. The maximum Gasteiger partial charge on any atom is 0.124 e. The van der Waals surface area contributed by atoms with Crippen LogP contribution in [0, 0.1) is 13.8 Å². The minimum atomic E-state index is 0.541. The molecule has 2 rings (SSSR count). The van der Waals surface area contributed by atoms with Crippen LogP contribution in [-0.4, -0.2) is 6.54 Å². The van der Waals surface area contributed by atoms with Crippen molar-refractivity contribution in [2.45, 2.75) is 26.9 Å². The molecule has 0 aromatic heterocycles. The zero-order chi connectivity index (χ0) is 14.5. The second-order valence-electron chi connectivity index (χ2n) is 4.96. The molecule has 0 unspecified atom stereocenters. The fraction of sp³-hybridized carbons (Fsp3) is 0.294. The third kappa shape index (κ3) is 3.53. The van der Waals surface area contributed by atoms with Gasteiger partial charge in [-0.2, -0.15) is 0 Å². The molecule has 0 radical (unpaired) electrons. The first-order valence-corrected chi connectivity index (χ1v) is 7.16. The highest BCUT2D eigenvalue weighted by molar-refractivity contribution is 6.31. The lowest BCUT2D eigenvalue weighted by atomic mass is 10.1. The van der Waals surface area contributed by atoms with Crippen LogP contribution < -0.4 is 10.5 Å². The van der Waals surface area contributed by atoms with Crippen molar-refractivity contribution in [3.05, 3.63) is 63.7 Å². The number of rotatable bonds is 5. The van der Waals surface area contributed by atoms with E-state index in [0.29, 0.717) is 18.2 Å². The Balaban J connectivity index is 2.14.